The smallest absolute Gasteiger partial charge is 0.325 e. The number of pyridine rings is 1. The minimum absolute atomic E-state index is 0.0760. The van der Waals surface area contributed by atoms with E-state index in [2.05, 4.69) is 10.3 Å². The summed E-state index contributed by atoms with van der Waals surface area (Å²) in [6.45, 7) is 1.35. The van der Waals surface area contributed by atoms with E-state index < -0.39 is 17.9 Å². The second-order valence-electron chi connectivity index (χ2n) is 3.08. The summed E-state index contributed by atoms with van der Waals surface area (Å²) < 4.78 is 0. The van der Waals surface area contributed by atoms with Crippen molar-refractivity contribution in [3.05, 3.63) is 29.6 Å². The molecule has 0 aliphatic rings. The van der Waals surface area contributed by atoms with Gasteiger partial charge in [-0.2, -0.15) is 5.26 Å². The summed E-state index contributed by atoms with van der Waals surface area (Å²) in [5.41, 5.74) is 0.412. The van der Waals surface area contributed by atoms with Crippen molar-refractivity contribution in [2.75, 3.05) is 0 Å². The normalized spacial score (nSPS) is 11.2. The van der Waals surface area contributed by atoms with E-state index in [0.29, 0.717) is 5.56 Å². The van der Waals surface area contributed by atoms with Crippen LogP contribution in [0.4, 0.5) is 0 Å². The van der Waals surface area contributed by atoms with E-state index in [1.165, 1.54) is 25.3 Å². The van der Waals surface area contributed by atoms with Crippen LogP contribution in [0.5, 0.6) is 0 Å². The number of carbonyl (C=O) groups excluding carboxylic acids is 1. The van der Waals surface area contributed by atoms with Gasteiger partial charge in [0.1, 0.15) is 17.8 Å². The Kier molecular flexibility index (Phi) is 3.56. The molecule has 0 radical (unpaired) electrons. The van der Waals surface area contributed by atoms with Crippen LogP contribution >= 0.6 is 0 Å². The third-order valence-electron chi connectivity index (χ3n) is 1.84. The molecule has 6 nitrogen and oxygen atoms in total. The molecular weight excluding hydrogens is 210 g/mol. The summed E-state index contributed by atoms with van der Waals surface area (Å²) in [6, 6.07) is 3.68. The number of carboxylic acids is 1. The van der Waals surface area contributed by atoms with Gasteiger partial charge in [0.25, 0.3) is 5.91 Å². The molecule has 0 aliphatic heterocycles. The van der Waals surface area contributed by atoms with Gasteiger partial charge in [-0.15, -0.1) is 0 Å². The first-order valence-corrected chi connectivity index (χ1v) is 4.44. The van der Waals surface area contributed by atoms with Gasteiger partial charge in [-0.05, 0) is 19.1 Å². The summed E-state index contributed by atoms with van der Waals surface area (Å²) in [5, 5.41) is 19.3. The van der Waals surface area contributed by atoms with Crippen LogP contribution in [0, 0.1) is 11.3 Å². The maximum atomic E-state index is 11.4. The van der Waals surface area contributed by atoms with Crippen molar-refractivity contribution < 1.29 is 14.7 Å². The predicted molar refractivity (Wildman–Crippen MR) is 53.5 cm³/mol. The number of hydrogen-bond acceptors (Lipinski definition) is 4. The van der Waals surface area contributed by atoms with Crippen molar-refractivity contribution in [1.82, 2.24) is 10.3 Å². The van der Waals surface area contributed by atoms with Crippen molar-refractivity contribution in [1.29, 1.82) is 5.26 Å². The molecule has 0 saturated carbocycles. The van der Waals surface area contributed by atoms with Crippen molar-refractivity contribution in [2.24, 2.45) is 0 Å². The maximum Gasteiger partial charge on any atom is 0.325 e. The number of aromatic nitrogens is 1. The molecule has 0 bridgehead atoms. The number of hydrogen-bond donors (Lipinski definition) is 2. The van der Waals surface area contributed by atoms with Crippen LogP contribution in [0.15, 0.2) is 18.3 Å². The SMILES string of the molecule is C[C@H](NC(=O)c1ccc(C#N)cn1)C(=O)O. The average molecular weight is 219 g/mol. The zero-order valence-electron chi connectivity index (χ0n) is 8.47. The molecule has 0 aliphatic carbocycles. The largest absolute Gasteiger partial charge is 0.480 e. The molecule has 1 aromatic heterocycles. The molecule has 0 saturated heterocycles. The molecule has 0 unspecified atom stereocenters. The molecule has 2 N–H and O–H groups in total. The highest BCUT2D eigenvalue weighted by atomic mass is 16.4. The van der Waals surface area contributed by atoms with Gasteiger partial charge in [-0.3, -0.25) is 9.59 Å². The highest BCUT2D eigenvalue weighted by Crippen LogP contribution is 1.99. The number of nitriles is 1. The molecule has 1 rings (SSSR count). The quantitative estimate of drug-likeness (QED) is 0.753. The Bertz CT molecular complexity index is 447. The van der Waals surface area contributed by atoms with E-state index in [4.69, 9.17) is 10.4 Å². The second-order valence-corrected chi connectivity index (χ2v) is 3.08. The van der Waals surface area contributed by atoms with Crippen molar-refractivity contribution in [3.63, 3.8) is 0 Å². The lowest BCUT2D eigenvalue weighted by molar-refractivity contribution is -0.138. The first-order chi connectivity index (χ1) is 7.54. The first-order valence-electron chi connectivity index (χ1n) is 4.44. The van der Waals surface area contributed by atoms with Crippen LogP contribution in [0.2, 0.25) is 0 Å². The first kappa shape index (κ1) is 11.7. The maximum absolute atomic E-state index is 11.4. The van der Waals surface area contributed by atoms with Crippen LogP contribution in [-0.2, 0) is 4.79 Å². The van der Waals surface area contributed by atoms with Gasteiger partial charge in [-0.1, -0.05) is 0 Å². The van der Waals surface area contributed by atoms with Gasteiger partial charge >= 0.3 is 5.97 Å². The average Bonchev–Trinajstić information content (AvgIpc) is 2.28. The fourth-order valence-electron chi connectivity index (χ4n) is 0.927. The van der Waals surface area contributed by atoms with Crippen molar-refractivity contribution in [3.8, 4) is 6.07 Å². The fraction of sp³-hybridized carbons (Fsp3) is 0.200. The lowest BCUT2D eigenvalue weighted by Gasteiger charge is -2.08. The molecule has 0 spiro atoms. The van der Waals surface area contributed by atoms with Gasteiger partial charge in [0.15, 0.2) is 0 Å². The van der Waals surface area contributed by atoms with Gasteiger partial charge in [-0.25, -0.2) is 4.98 Å². The van der Waals surface area contributed by atoms with Gasteiger partial charge in [0.05, 0.1) is 5.56 Å². The summed E-state index contributed by atoms with van der Waals surface area (Å²) in [5.74, 6) is -1.71. The Morgan fingerprint density at radius 1 is 1.56 bits per heavy atom. The number of amides is 1. The number of carboxylic acid groups (broad SMARTS) is 1. The monoisotopic (exact) mass is 219 g/mol. The molecule has 1 aromatic rings. The van der Waals surface area contributed by atoms with Crippen LogP contribution in [-0.4, -0.2) is 28.0 Å². The lowest BCUT2D eigenvalue weighted by Crippen LogP contribution is -2.38. The topological polar surface area (TPSA) is 103 Å². The summed E-state index contributed by atoms with van der Waals surface area (Å²) in [6.07, 6.45) is 1.25. The van der Waals surface area contributed by atoms with E-state index >= 15 is 0 Å². The number of carbonyl (C=O) groups is 2. The Morgan fingerprint density at radius 3 is 2.69 bits per heavy atom. The second kappa shape index (κ2) is 4.89. The van der Waals surface area contributed by atoms with E-state index in [0.717, 1.165) is 0 Å². The van der Waals surface area contributed by atoms with Crippen LogP contribution in [0.3, 0.4) is 0 Å². The third kappa shape index (κ3) is 2.78. The molecule has 16 heavy (non-hydrogen) atoms. The van der Waals surface area contributed by atoms with Gasteiger partial charge in [0, 0.05) is 6.20 Å². The van der Waals surface area contributed by atoms with E-state index in [9.17, 15) is 9.59 Å². The highest BCUT2D eigenvalue weighted by molar-refractivity contribution is 5.94. The molecule has 1 heterocycles. The minimum atomic E-state index is -1.12. The van der Waals surface area contributed by atoms with Crippen LogP contribution < -0.4 is 5.32 Å². The molecule has 6 heteroatoms. The molecule has 82 valence electrons. The third-order valence-corrected chi connectivity index (χ3v) is 1.84. The standard InChI is InChI=1S/C10H9N3O3/c1-6(10(15)16)13-9(14)8-3-2-7(4-11)5-12-8/h2-3,5-6H,1H3,(H,13,14)(H,15,16)/t6-/m0/s1. The van der Waals surface area contributed by atoms with Gasteiger partial charge < -0.3 is 10.4 Å². The number of nitrogens with zero attached hydrogens (tertiary/aromatic N) is 2. The lowest BCUT2D eigenvalue weighted by atomic mass is 10.2. The Labute approximate surface area is 91.5 Å². The van der Waals surface area contributed by atoms with Crippen molar-refractivity contribution in [2.45, 2.75) is 13.0 Å². The fourth-order valence-corrected chi connectivity index (χ4v) is 0.927. The predicted octanol–water partition coefficient (Wildman–Crippen LogP) is 0.156. The molecule has 1 atom stereocenters. The Hall–Kier alpha value is -2.42. The van der Waals surface area contributed by atoms with Crippen molar-refractivity contribution >= 4 is 11.9 Å². The zero-order valence-corrected chi connectivity index (χ0v) is 8.47. The van der Waals surface area contributed by atoms with Crippen LogP contribution in [0.25, 0.3) is 0 Å². The Balaban J connectivity index is 2.74. The minimum Gasteiger partial charge on any atom is -0.480 e. The van der Waals surface area contributed by atoms with Gasteiger partial charge in [0.2, 0.25) is 0 Å². The Morgan fingerprint density at radius 2 is 2.25 bits per heavy atom. The molecule has 0 aromatic carbocycles. The van der Waals surface area contributed by atoms with E-state index in [1.54, 1.807) is 0 Å². The summed E-state index contributed by atoms with van der Waals surface area (Å²) in [4.78, 5) is 25.7. The molecule has 0 fully saturated rings. The zero-order chi connectivity index (χ0) is 12.1. The van der Waals surface area contributed by atoms with E-state index in [1.807, 2.05) is 6.07 Å². The molecular formula is C10H9N3O3. The number of nitrogens with one attached hydrogen (secondary N) is 1. The number of aliphatic carboxylic acids is 1. The summed E-state index contributed by atoms with van der Waals surface area (Å²) >= 11 is 0. The molecule has 1 amide bonds. The van der Waals surface area contributed by atoms with E-state index in [-0.39, 0.29) is 5.69 Å². The number of rotatable bonds is 3. The highest BCUT2D eigenvalue weighted by Gasteiger charge is 2.15. The van der Waals surface area contributed by atoms with Crippen LogP contribution in [0.1, 0.15) is 23.0 Å². The summed E-state index contributed by atoms with van der Waals surface area (Å²) in [7, 11) is 0.